The molecule has 0 unspecified atom stereocenters. The molecule has 0 N–H and O–H groups in total. The van der Waals surface area contributed by atoms with Gasteiger partial charge in [0.2, 0.25) is 0 Å². The maximum atomic E-state index is 12.5. The van der Waals surface area contributed by atoms with Crippen LogP contribution in [0.5, 0.6) is 0 Å². The van der Waals surface area contributed by atoms with Crippen LogP contribution in [0.2, 0.25) is 0 Å². The zero-order chi connectivity index (χ0) is 17.4. The second-order valence-electron chi connectivity index (χ2n) is 6.10. The Balaban J connectivity index is 1.58. The fraction of sp³-hybridized carbons (Fsp3) is 0.278. The molecule has 0 bridgehead atoms. The van der Waals surface area contributed by atoms with Crippen molar-refractivity contribution < 1.29 is 14.4 Å². The number of likely N-dealkylation sites (tertiary alicyclic amines) is 1. The number of carbonyl (C=O) groups is 3. The summed E-state index contributed by atoms with van der Waals surface area (Å²) in [6.07, 6.45) is 5.98. The number of piperidine rings is 1. The molecule has 0 saturated carbocycles. The Bertz CT molecular complexity index is 822. The van der Waals surface area contributed by atoms with Crippen molar-refractivity contribution in [3.05, 3.63) is 53.6 Å². The smallest absolute Gasteiger partial charge is 0.286 e. The minimum atomic E-state index is -0.497. The number of aromatic nitrogens is 2. The summed E-state index contributed by atoms with van der Waals surface area (Å²) in [6.45, 7) is 1.55. The fourth-order valence-corrected chi connectivity index (χ4v) is 3.22. The monoisotopic (exact) mass is 336 g/mol. The van der Waals surface area contributed by atoms with Crippen LogP contribution < -0.4 is 4.90 Å². The Hall–Kier alpha value is -3.09. The molecule has 0 radical (unpaired) electrons. The quantitative estimate of drug-likeness (QED) is 0.782. The lowest BCUT2D eigenvalue weighted by Gasteiger charge is -2.26. The third-order valence-corrected chi connectivity index (χ3v) is 4.53. The van der Waals surface area contributed by atoms with Crippen molar-refractivity contribution in [3.63, 3.8) is 0 Å². The van der Waals surface area contributed by atoms with Gasteiger partial charge in [0.15, 0.2) is 11.4 Å². The molecule has 0 spiro atoms. The molecule has 2 aliphatic rings. The summed E-state index contributed by atoms with van der Waals surface area (Å²) in [4.78, 5) is 48.1. The molecule has 2 aliphatic heterocycles. The third kappa shape index (κ3) is 2.57. The number of nitrogens with zero attached hydrogens (tertiary/aromatic N) is 4. The van der Waals surface area contributed by atoms with Gasteiger partial charge in [-0.3, -0.25) is 14.4 Å². The molecule has 3 heterocycles. The van der Waals surface area contributed by atoms with Crippen LogP contribution >= 0.6 is 0 Å². The Morgan fingerprint density at radius 3 is 1.96 bits per heavy atom. The Labute approximate surface area is 144 Å². The zero-order valence-corrected chi connectivity index (χ0v) is 13.5. The number of anilines is 1. The molecule has 3 amide bonds. The number of rotatable bonds is 2. The van der Waals surface area contributed by atoms with Crippen LogP contribution in [0.1, 0.15) is 50.6 Å². The molecule has 7 heteroatoms. The molecule has 1 saturated heterocycles. The first kappa shape index (κ1) is 15.4. The fourth-order valence-electron chi connectivity index (χ4n) is 3.22. The van der Waals surface area contributed by atoms with Crippen molar-refractivity contribution in [3.8, 4) is 0 Å². The molecule has 25 heavy (non-hydrogen) atoms. The van der Waals surface area contributed by atoms with Gasteiger partial charge in [-0.15, -0.1) is 0 Å². The zero-order valence-electron chi connectivity index (χ0n) is 13.5. The summed E-state index contributed by atoms with van der Waals surface area (Å²) in [6, 6.07) is 6.52. The van der Waals surface area contributed by atoms with Crippen molar-refractivity contribution in [2.24, 2.45) is 0 Å². The minimum absolute atomic E-state index is 0.0167. The molecule has 1 aromatic carbocycles. The Morgan fingerprint density at radius 1 is 0.840 bits per heavy atom. The van der Waals surface area contributed by atoms with Gasteiger partial charge in [0.05, 0.1) is 5.69 Å². The molecule has 4 rings (SSSR count). The SMILES string of the molecule is O=C(c1ccc(N2C(=O)c3nccnc3C2=O)cc1)N1CCCCC1. The summed E-state index contributed by atoms with van der Waals surface area (Å²) in [5.41, 5.74) is 1.07. The number of fused-ring (bicyclic) bond motifs is 1. The van der Waals surface area contributed by atoms with E-state index in [2.05, 4.69) is 9.97 Å². The van der Waals surface area contributed by atoms with Crippen molar-refractivity contribution in [1.82, 2.24) is 14.9 Å². The molecular formula is C18H16N4O3. The largest absolute Gasteiger partial charge is 0.339 e. The van der Waals surface area contributed by atoms with E-state index in [0.29, 0.717) is 11.3 Å². The summed E-state index contributed by atoms with van der Waals surface area (Å²) >= 11 is 0. The molecule has 2 aromatic rings. The van der Waals surface area contributed by atoms with E-state index in [9.17, 15) is 14.4 Å². The highest BCUT2D eigenvalue weighted by atomic mass is 16.2. The third-order valence-electron chi connectivity index (χ3n) is 4.53. The molecular weight excluding hydrogens is 320 g/mol. The van der Waals surface area contributed by atoms with E-state index < -0.39 is 11.8 Å². The van der Waals surface area contributed by atoms with Gasteiger partial charge in [-0.05, 0) is 43.5 Å². The highest BCUT2D eigenvalue weighted by Gasteiger charge is 2.39. The van der Waals surface area contributed by atoms with E-state index in [1.165, 1.54) is 12.4 Å². The summed E-state index contributed by atoms with van der Waals surface area (Å²) in [5.74, 6) is -1.01. The van der Waals surface area contributed by atoms with E-state index >= 15 is 0 Å². The molecule has 1 aromatic heterocycles. The van der Waals surface area contributed by atoms with E-state index in [4.69, 9.17) is 0 Å². The van der Waals surface area contributed by atoms with Crippen molar-refractivity contribution >= 4 is 23.4 Å². The van der Waals surface area contributed by atoms with Crippen molar-refractivity contribution in [1.29, 1.82) is 0 Å². The van der Waals surface area contributed by atoms with Gasteiger partial charge in [0, 0.05) is 31.0 Å². The first-order chi connectivity index (χ1) is 12.2. The van der Waals surface area contributed by atoms with Gasteiger partial charge in [0.1, 0.15) is 0 Å². The van der Waals surface area contributed by atoms with Crippen LogP contribution in [-0.2, 0) is 0 Å². The first-order valence-electron chi connectivity index (χ1n) is 8.26. The van der Waals surface area contributed by atoms with Crippen LogP contribution in [0.15, 0.2) is 36.7 Å². The van der Waals surface area contributed by atoms with Gasteiger partial charge < -0.3 is 4.90 Å². The van der Waals surface area contributed by atoms with Gasteiger partial charge in [0.25, 0.3) is 17.7 Å². The van der Waals surface area contributed by atoms with Gasteiger partial charge in [-0.2, -0.15) is 0 Å². The minimum Gasteiger partial charge on any atom is -0.339 e. The lowest BCUT2D eigenvalue weighted by atomic mass is 10.1. The van der Waals surface area contributed by atoms with E-state index in [-0.39, 0.29) is 17.3 Å². The second-order valence-corrected chi connectivity index (χ2v) is 6.10. The maximum absolute atomic E-state index is 12.5. The van der Waals surface area contributed by atoms with Crippen molar-refractivity contribution in [2.75, 3.05) is 18.0 Å². The summed E-state index contributed by atoms with van der Waals surface area (Å²) in [7, 11) is 0. The van der Waals surface area contributed by atoms with Crippen molar-refractivity contribution in [2.45, 2.75) is 19.3 Å². The van der Waals surface area contributed by atoms with E-state index in [1.807, 2.05) is 4.90 Å². The molecule has 126 valence electrons. The predicted octanol–water partition coefficient (Wildman–Crippen LogP) is 1.90. The first-order valence-corrected chi connectivity index (χ1v) is 8.26. The van der Waals surface area contributed by atoms with Crippen LogP contribution in [-0.4, -0.2) is 45.7 Å². The average Bonchev–Trinajstić information content (AvgIpc) is 2.93. The Kier molecular flexibility index (Phi) is 3.76. The van der Waals surface area contributed by atoms with Crippen LogP contribution in [0, 0.1) is 0 Å². The lowest BCUT2D eigenvalue weighted by molar-refractivity contribution is 0.0724. The summed E-state index contributed by atoms with van der Waals surface area (Å²) in [5, 5.41) is 0. The second kappa shape index (κ2) is 6.08. The Morgan fingerprint density at radius 2 is 1.40 bits per heavy atom. The lowest BCUT2D eigenvalue weighted by Crippen LogP contribution is -2.35. The number of carbonyl (C=O) groups excluding carboxylic acids is 3. The predicted molar refractivity (Wildman–Crippen MR) is 89.4 cm³/mol. The van der Waals surface area contributed by atoms with E-state index in [1.54, 1.807) is 24.3 Å². The molecule has 7 nitrogen and oxygen atoms in total. The number of imide groups is 1. The average molecular weight is 336 g/mol. The topological polar surface area (TPSA) is 83.5 Å². The van der Waals surface area contributed by atoms with Crippen LogP contribution in [0.4, 0.5) is 5.69 Å². The van der Waals surface area contributed by atoms with Crippen LogP contribution in [0.25, 0.3) is 0 Å². The molecule has 0 atom stereocenters. The summed E-state index contributed by atoms with van der Waals surface area (Å²) < 4.78 is 0. The standard InChI is InChI=1S/C18H16N4O3/c23-16(21-10-2-1-3-11-21)12-4-6-13(7-5-12)22-17(24)14-15(18(22)25)20-9-8-19-14/h4-9H,1-3,10-11H2. The number of hydrogen-bond donors (Lipinski definition) is 0. The van der Waals surface area contributed by atoms with Crippen LogP contribution in [0.3, 0.4) is 0 Å². The highest BCUT2D eigenvalue weighted by Crippen LogP contribution is 2.26. The maximum Gasteiger partial charge on any atom is 0.286 e. The van der Waals surface area contributed by atoms with Gasteiger partial charge in [-0.25, -0.2) is 14.9 Å². The molecule has 1 fully saturated rings. The number of benzene rings is 1. The highest BCUT2D eigenvalue weighted by molar-refractivity contribution is 6.33. The van der Waals surface area contributed by atoms with Gasteiger partial charge in [-0.1, -0.05) is 0 Å². The normalized spacial score (nSPS) is 17.0. The number of hydrogen-bond acceptors (Lipinski definition) is 5. The van der Waals surface area contributed by atoms with E-state index in [0.717, 1.165) is 37.3 Å². The number of amides is 3. The van der Waals surface area contributed by atoms with Gasteiger partial charge >= 0.3 is 0 Å². The molecule has 0 aliphatic carbocycles.